The molecule has 0 N–H and O–H groups in total. The molecule has 25 rings (SSSR count). The van der Waals surface area contributed by atoms with Crippen LogP contribution in [0.25, 0.3) is 238 Å². The summed E-state index contributed by atoms with van der Waals surface area (Å²) in [4.78, 5) is 39.6. The van der Waals surface area contributed by atoms with E-state index in [1.165, 1.54) is 109 Å². The van der Waals surface area contributed by atoms with Crippen molar-refractivity contribution in [2.45, 2.75) is 13.3 Å². The van der Waals surface area contributed by atoms with Crippen LogP contribution in [0.5, 0.6) is 0 Å². The monoisotopic (exact) mass is 1670 g/mol. The maximum absolute atomic E-state index is 5.27. The Balaban J connectivity index is 0.000000112. The molecule has 0 aliphatic rings. The summed E-state index contributed by atoms with van der Waals surface area (Å²) in [7, 11) is 0. The zero-order valence-electron chi connectivity index (χ0n) is 71.6. The van der Waals surface area contributed by atoms with Crippen LogP contribution >= 0.6 is 0 Å². The van der Waals surface area contributed by atoms with E-state index in [9.17, 15) is 0 Å². The Kier molecular flexibility index (Phi) is 20.4. The first-order chi connectivity index (χ1) is 64.9. The Bertz CT molecular complexity index is 8380. The lowest BCUT2D eigenvalue weighted by Crippen LogP contribution is -2.00. The van der Waals surface area contributed by atoms with Gasteiger partial charge < -0.3 is 0 Å². The lowest BCUT2D eigenvalue weighted by Gasteiger charge is -2.18. The first kappa shape index (κ1) is 78.3. The summed E-state index contributed by atoms with van der Waals surface area (Å²) in [5.74, 6) is 3.70. The van der Waals surface area contributed by atoms with Crippen LogP contribution in [0.2, 0.25) is 0 Å². The molecule has 9 nitrogen and oxygen atoms in total. The molecule has 0 spiro atoms. The fourth-order valence-corrected chi connectivity index (χ4v) is 18.9. The second kappa shape index (κ2) is 34.2. The lowest BCUT2D eigenvalue weighted by atomic mass is 9.85. The largest absolute Gasteiger partial charge is 0.296 e. The highest BCUT2D eigenvalue weighted by Crippen LogP contribution is 2.46. The third kappa shape index (κ3) is 15.0. The number of nitrogens with zero attached hydrogens (tertiary/aromatic N) is 9. The number of aromatic nitrogens is 9. The van der Waals surface area contributed by atoms with E-state index in [1.54, 1.807) is 0 Å². The molecule has 614 valence electrons. The van der Waals surface area contributed by atoms with E-state index < -0.39 is 0 Å². The molecule has 0 bridgehead atoms. The smallest absolute Gasteiger partial charge is 0.164 e. The van der Waals surface area contributed by atoms with E-state index in [0.29, 0.717) is 23.3 Å². The van der Waals surface area contributed by atoms with Crippen molar-refractivity contribution < 1.29 is 0 Å². The molecule has 0 saturated carbocycles. The summed E-state index contributed by atoms with van der Waals surface area (Å²) < 4.78 is 2.29. The van der Waals surface area contributed by atoms with Crippen molar-refractivity contribution in [2.75, 3.05) is 0 Å². The van der Waals surface area contributed by atoms with E-state index in [-0.39, 0.29) is 0 Å². The topological polar surface area (TPSA) is 108 Å². The molecule has 5 heterocycles. The molecule has 0 amide bonds. The minimum atomic E-state index is 0.638. The minimum Gasteiger partial charge on any atom is -0.296 e. The maximum atomic E-state index is 5.27. The van der Waals surface area contributed by atoms with Gasteiger partial charge in [-0.05, 0) is 198 Å². The van der Waals surface area contributed by atoms with Crippen molar-refractivity contribution in [3.63, 3.8) is 0 Å². The number of para-hydroxylation sites is 3. The zero-order valence-corrected chi connectivity index (χ0v) is 71.6. The Morgan fingerprint density at radius 1 is 0.206 bits per heavy atom. The van der Waals surface area contributed by atoms with E-state index in [1.807, 2.05) is 36.7 Å². The molecular weight excluding hydrogens is 1590 g/mol. The normalized spacial score (nSPS) is 11.4. The van der Waals surface area contributed by atoms with Crippen molar-refractivity contribution in [3.8, 4) is 130 Å². The summed E-state index contributed by atoms with van der Waals surface area (Å²) in [5, 5.41) is 20.5. The number of imidazole rings is 1. The van der Waals surface area contributed by atoms with Crippen molar-refractivity contribution in [1.82, 2.24) is 44.4 Å². The number of fused-ring (bicyclic) bond motifs is 12. The van der Waals surface area contributed by atoms with Gasteiger partial charge in [-0.2, -0.15) is 0 Å². The molecule has 20 aromatic carbocycles. The van der Waals surface area contributed by atoms with Crippen molar-refractivity contribution >= 4 is 108 Å². The average molecular weight is 1670 g/mol. The molecule has 5 aromatic heterocycles. The van der Waals surface area contributed by atoms with Crippen LogP contribution < -0.4 is 0 Å². The third-order valence-electron chi connectivity index (χ3n) is 25.2. The van der Waals surface area contributed by atoms with Gasteiger partial charge in [0.05, 0.1) is 33.6 Å². The second-order valence-electron chi connectivity index (χ2n) is 33.1. The van der Waals surface area contributed by atoms with E-state index in [0.717, 1.165) is 118 Å². The molecule has 0 aliphatic carbocycles. The summed E-state index contributed by atoms with van der Waals surface area (Å²) in [6, 6.07) is 158. The Labute approximate surface area is 757 Å². The van der Waals surface area contributed by atoms with E-state index in [2.05, 4.69) is 446 Å². The third-order valence-corrected chi connectivity index (χ3v) is 25.2. The van der Waals surface area contributed by atoms with Gasteiger partial charge in [0.25, 0.3) is 0 Å². The van der Waals surface area contributed by atoms with Crippen molar-refractivity contribution in [3.05, 3.63) is 467 Å². The van der Waals surface area contributed by atoms with Gasteiger partial charge in [-0.3, -0.25) is 14.5 Å². The lowest BCUT2D eigenvalue weighted by molar-refractivity contribution is 0.908. The number of hydrogen-bond acceptors (Lipinski definition) is 8. The molecule has 131 heavy (non-hydrogen) atoms. The molecule has 0 radical (unpaired) electrons. The number of aryl methyl sites for hydroxylation is 1. The van der Waals surface area contributed by atoms with Crippen molar-refractivity contribution in [1.29, 1.82) is 0 Å². The highest BCUT2D eigenvalue weighted by atomic mass is 15.1. The highest BCUT2D eigenvalue weighted by molar-refractivity contribution is 6.22. The Hall–Kier alpha value is -17.4. The summed E-state index contributed by atoms with van der Waals surface area (Å²) in [6.45, 7) is 2.17. The molecule has 25 aromatic rings. The van der Waals surface area contributed by atoms with Gasteiger partial charge in [-0.1, -0.05) is 383 Å². The van der Waals surface area contributed by atoms with Gasteiger partial charge in [0.1, 0.15) is 5.82 Å². The fourth-order valence-electron chi connectivity index (χ4n) is 18.9. The molecule has 0 saturated heterocycles. The Morgan fingerprint density at radius 3 is 1.13 bits per heavy atom. The van der Waals surface area contributed by atoms with Gasteiger partial charge in [-0.15, -0.1) is 0 Å². The van der Waals surface area contributed by atoms with Crippen LogP contribution in [-0.4, -0.2) is 44.4 Å². The number of hydrogen-bond donors (Lipinski definition) is 0. The first-order valence-electron chi connectivity index (χ1n) is 44.5. The number of pyridine rings is 2. The molecule has 0 aliphatic heterocycles. The van der Waals surface area contributed by atoms with Crippen LogP contribution in [0.15, 0.2) is 461 Å². The van der Waals surface area contributed by atoms with Crippen LogP contribution in [0.3, 0.4) is 0 Å². The molecule has 9 heteroatoms. The van der Waals surface area contributed by atoms with Gasteiger partial charge in [0.15, 0.2) is 23.3 Å². The summed E-state index contributed by atoms with van der Waals surface area (Å²) in [5.41, 5.74) is 23.7. The molecular formula is C122H81N9. The van der Waals surface area contributed by atoms with Crippen LogP contribution in [-0.2, 0) is 6.42 Å². The Morgan fingerprint density at radius 2 is 0.595 bits per heavy atom. The predicted molar refractivity (Wildman–Crippen MR) is 545 cm³/mol. The van der Waals surface area contributed by atoms with Crippen LogP contribution in [0, 0.1) is 0 Å². The van der Waals surface area contributed by atoms with Crippen LogP contribution in [0.1, 0.15) is 12.7 Å². The minimum absolute atomic E-state index is 0.638. The van der Waals surface area contributed by atoms with E-state index >= 15 is 0 Å². The van der Waals surface area contributed by atoms with Crippen LogP contribution in [0.4, 0.5) is 0 Å². The SMILES string of the molecule is CCc1nc2ccccc2n1-c1ccc(-c2c3ccccc3c(-c3ccc(-c4ccccc4)cc3)c3ccccc23)cc1.c1ccc(-c2ccc(-c3nc(-c4cc5ccccc5c5ccccc45)cc(-c4cc5ccccc5c5ccccc45)n3)cc2)nc1.c1ccc2cc(-c3nc(-c4ccc(-c5cccc6cccnc56)cc4)nc(-c4ccc5ccccc5c4)n3)ccc2c1. The zero-order chi connectivity index (χ0) is 87.1. The summed E-state index contributed by atoms with van der Waals surface area (Å²) in [6.07, 6.45) is 4.54. The van der Waals surface area contributed by atoms with E-state index in [4.69, 9.17) is 29.9 Å². The molecule has 0 atom stereocenters. The van der Waals surface area contributed by atoms with Gasteiger partial charge >= 0.3 is 0 Å². The average Bonchev–Trinajstić information content (AvgIpc) is 0.979. The highest BCUT2D eigenvalue weighted by Gasteiger charge is 2.23. The fraction of sp³-hybridized carbons (Fsp3) is 0.0164. The molecule has 0 unspecified atom stereocenters. The molecule has 0 fully saturated rings. The maximum Gasteiger partial charge on any atom is 0.164 e. The predicted octanol–water partition coefficient (Wildman–Crippen LogP) is 31.4. The van der Waals surface area contributed by atoms with Gasteiger partial charge in [0, 0.05) is 74.4 Å². The second-order valence-corrected chi connectivity index (χ2v) is 33.1. The van der Waals surface area contributed by atoms with Gasteiger partial charge in [-0.25, -0.2) is 29.9 Å². The standard InChI is InChI=1S/C43H27N3.C41H30N2.C38H24N4/c1-3-13-32-30(11-1)25-38(36-17-7-5-15-34(32)36)41-27-42(39-26-31-12-2-4-14-33(31)35-16-6-8-18-37(35)39)46-43(45-41)29-22-20-28(21-23-29)40-19-9-10-24-44-40;1-2-39-42-37-18-10-11-19-38(37)43(39)32-26-24-31(25-27-32)41-35-16-8-6-14-33(35)40(34-15-7-9-17-36(34)41)30-22-20-29(21-23-30)28-12-4-3-5-13-28;1-3-9-30-23-32(20-14-25(30)7-1)37-40-36(41-38(42-37)33-21-15-26-8-2-4-10-31(26)24-33)29-18-16-27(17-19-29)34-13-5-11-28-12-6-22-39-35(28)34/h1-27H;3-27H,2H2,1H3;1-24H. The van der Waals surface area contributed by atoms with Crippen molar-refractivity contribution in [2.24, 2.45) is 0 Å². The first-order valence-corrected chi connectivity index (χ1v) is 44.5. The number of rotatable bonds is 13. The summed E-state index contributed by atoms with van der Waals surface area (Å²) >= 11 is 0. The number of benzene rings is 20. The van der Waals surface area contributed by atoms with Gasteiger partial charge in [0.2, 0.25) is 0 Å². The quantitative estimate of drug-likeness (QED) is 0.0830.